The zero-order valence-electron chi connectivity index (χ0n) is 7.91. The molecule has 1 fully saturated rings. The monoisotopic (exact) mass is 182 g/mol. The number of fused-ring (bicyclic) bond motifs is 1. The molecule has 1 heterocycles. The Morgan fingerprint density at radius 1 is 1.62 bits per heavy atom. The fourth-order valence-electron chi connectivity index (χ4n) is 2.14. The van der Waals surface area contributed by atoms with E-state index in [1.807, 2.05) is 26.0 Å². The van der Waals surface area contributed by atoms with Gasteiger partial charge in [0.15, 0.2) is 0 Å². The van der Waals surface area contributed by atoms with Gasteiger partial charge < -0.3 is 9.84 Å². The summed E-state index contributed by atoms with van der Waals surface area (Å²) in [6.07, 6.45) is 3.87. The van der Waals surface area contributed by atoms with Gasteiger partial charge in [0, 0.05) is 5.41 Å². The van der Waals surface area contributed by atoms with Gasteiger partial charge in [-0.1, -0.05) is 19.1 Å². The smallest absolute Gasteiger partial charge is 0.316 e. The highest BCUT2D eigenvalue weighted by molar-refractivity contribution is 5.82. The molecule has 1 aliphatic heterocycles. The molecular formula is C10H14O3. The summed E-state index contributed by atoms with van der Waals surface area (Å²) in [6.45, 7) is 4.07. The minimum Gasteiger partial charge on any atom is -0.464 e. The molecule has 3 atom stereocenters. The fourth-order valence-corrected chi connectivity index (χ4v) is 2.14. The Hall–Kier alpha value is -0.830. The van der Waals surface area contributed by atoms with Crippen molar-refractivity contribution in [3.63, 3.8) is 0 Å². The first-order chi connectivity index (χ1) is 6.01. The van der Waals surface area contributed by atoms with Gasteiger partial charge in [-0.2, -0.15) is 0 Å². The summed E-state index contributed by atoms with van der Waals surface area (Å²) in [4.78, 5) is 11.5. The molecule has 0 unspecified atom stereocenters. The number of aliphatic hydroxyl groups is 1. The van der Waals surface area contributed by atoms with Gasteiger partial charge in [-0.3, -0.25) is 4.79 Å². The first-order valence-corrected chi connectivity index (χ1v) is 4.54. The van der Waals surface area contributed by atoms with Crippen molar-refractivity contribution < 1.29 is 14.6 Å². The lowest BCUT2D eigenvalue weighted by Crippen LogP contribution is -2.47. The zero-order valence-corrected chi connectivity index (χ0v) is 7.91. The summed E-state index contributed by atoms with van der Waals surface area (Å²) >= 11 is 0. The fraction of sp³-hybridized carbons (Fsp3) is 0.700. The number of esters is 1. The Balaban J connectivity index is 2.50. The predicted molar refractivity (Wildman–Crippen MR) is 46.9 cm³/mol. The van der Waals surface area contributed by atoms with Crippen molar-refractivity contribution in [2.75, 3.05) is 6.61 Å². The Kier molecular flexibility index (Phi) is 1.58. The van der Waals surface area contributed by atoms with Crippen LogP contribution in [0.15, 0.2) is 12.2 Å². The molecule has 0 aromatic carbocycles. The SMILES string of the molecule is C[C@]12C=CC[C@@H](O)[C@@]1(C)COC2=O. The molecule has 1 aliphatic carbocycles. The Bertz CT molecular complexity index is 284. The van der Waals surface area contributed by atoms with Crippen LogP contribution < -0.4 is 0 Å². The Morgan fingerprint density at radius 3 is 2.92 bits per heavy atom. The van der Waals surface area contributed by atoms with Crippen LogP contribution in [-0.2, 0) is 9.53 Å². The van der Waals surface area contributed by atoms with Crippen molar-refractivity contribution in [2.24, 2.45) is 10.8 Å². The van der Waals surface area contributed by atoms with Crippen molar-refractivity contribution in [3.8, 4) is 0 Å². The largest absolute Gasteiger partial charge is 0.464 e. The molecule has 1 saturated heterocycles. The molecular weight excluding hydrogens is 168 g/mol. The topological polar surface area (TPSA) is 46.5 Å². The zero-order chi connectivity index (χ0) is 9.69. The van der Waals surface area contributed by atoms with Crippen LogP contribution in [0.2, 0.25) is 0 Å². The first-order valence-electron chi connectivity index (χ1n) is 4.54. The van der Waals surface area contributed by atoms with Gasteiger partial charge in [0.05, 0.1) is 11.5 Å². The average molecular weight is 182 g/mol. The lowest BCUT2D eigenvalue weighted by atomic mass is 9.61. The van der Waals surface area contributed by atoms with Gasteiger partial charge in [-0.15, -0.1) is 0 Å². The maximum Gasteiger partial charge on any atom is 0.316 e. The van der Waals surface area contributed by atoms with Crippen molar-refractivity contribution in [1.29, 1.82) is 0 Å². The second kappa shape index (κ2) is 2.35. The van der Waals surface area contributed by atoms with E-state index >= 15 is 0 Å². The van der Waals surface area contributed by atoms with Crippen LogP contribution in [0.4, 0.5) is 0 Å². The van der Waals surface area contributed by atoms with Gasteiger partial charge in [-0.25, -0.2) is 0 Å². The molecule has 3 heteroatoms. The highest BCUT2D eigenvalue weighted by atomic mass is 16.5. The normalized spacial score (nSPS) is 48.8. The van der Waals surface area contributed by atoms with Crippen molar-refractivity contribution in [1.82, 2.24) is 0 Å². The summed E-state index contributed by atoms with van der Waals surface area (Å²) in [6, 6.07) is 0. The van der Waals surface area contributed by atoms with Crippen molar-refractivity contribution >= 4 is 5.97 Å². The number of hydrogen-bond acceptors (Lipinski definition) is 3. The molecule has 2 aliphatic rings. The van der Waals surface area contributed by atoms with E-state index in [0.29, 0.717) is 13.0 Å². The highest BCUT2D eigenvalue weighted by Crippen LogP contribution is 2.52. The molecule has 0 aromatic heterocycles. The quantitative estimate of drug-likeness (QED) is 0.447. The van der Waals surface area contributed by atoms with Crippen LogP contribution in [0, 0.1) is 10.8 Å². The molecule has 0 radical (unpaired) electrons. The van der Waals surface area contributed by atoms with Crippen LogP contribution in [0.25, 0.3) is 0 Å². The van der Waals surface area contributed by atoms with E-state index in [1.54, 1.807) is 0 Å². The Labute approximate surface area is 77.4 Å². The maximum atomic E-state index is 11.5. The molecule has 0 spiro atoms. The molecule has 0 bridgehead atoms. The molecule has 0 amide bonds. The van der Waals surface area contributed by atoms with E-state index in [9.17, 15) is 9.90 Å². The molecule has 0 aromatic rings. The van der Waals surface area contributed by atoms with E-state index in [2.05, 4.69) is 0 Å². The standard InChI is InChI=1S/C10H14O3/c1-9-5-3-4-7(11)10(9,2)6-13-8(9)12/h3,5,7,11H,4,6H2,1-2H3/t7-,9-,10-/m1/s1. The van der Waals surface area contributed by atoms with Gasteiger partial charge in [0.2, 0.25) is 0 Å². The highest BCUT2D eigenvalue weighted by Gasteiger charge is 2.60. The molecule has 1 N–H and O–H groups in total. The van der Waals surface area contributed by atoms with E-state index < -0.39 is 16.9 Å². The number of carbonyl (C=O) groups excluding carboxylic acids is 1. The van der Waals surface area contributed by atoms with Gasteiger partial charge >= 0.3 is 5.97 Å². The van der Waals surface area contributed by atoms with E-state index in [-0.39, 0.29) is 5.97 Å². The van der Waals surface area contributed by atoms with E-state index in [0.717, 1.165) is 0 Å². The van der Waals surface area contributed by atoms with Crippen LogP contribution in [0.5, 0.6) is 0 Å². The second-order valence-corrected chi connectivity index (χ2v) is 4.35. The first kappa shape index (κ1) is 8.75. The number of aliphatic hydroxyl groups excluding tert-OH is 1. The third kappa shape index (κ3) is 0.854. The van der Waals surface area contributed by atoms with Gasteiger partial charge in [0.1, 0.15) is 6.61 Å². The summed E-state index contributed by atoms with van der Waals surface area (Å²) in [5.74, 6) is -0.218. The lowest BCUT2D eigenvalue weighted by Gasteiger charge is -2.40. The van der Waals surface area contributed by atoms with Gasteiger partial charge in [-0.05, 0) is 13.3 Å². The molecule has 13 heavy (non-hydrogen) atoms. The second-order valence-electron chi connectivity index (χ2n) is 4.35. The minimum atomic E-state index is -0.634. The third-order valence-corrected chi connectivity index (χ3v) is 3.66. The van der Waals surface area contributed by atoms with Crippen LogP contribution in [-0.4, -0.2) is 23.8 Å². The summed E-state index contributed by atoms with van der Waals surface area (Å²) in [7, 11) is 0. The average Bonchev–Trinajstić information content (AvgIpc) is 2.31. The molecule has 0 saturated carbocycles. The summed E-state index contributed by atoms with van der Waals surface area (Å²) < 4.78 is 5.03. The Morgan fingerprint density at radius 2 is 2.31 bits per heavy atom. The number of ether oxygens (including phenoxy) is 1. The van der Waals surface area contributed by atoms with E-state index in [1.165, 1.54) is 0 Å². The van der Waals surface area contributed by atoms with Crippen molar-refractivity contribution in [3.05, 3.63) is 12.2 Å². The van der Waals surface area contributed by atoms with Crippen molar-refractivity contribution in [2.45, 2.75) is 26.4 Å². The maximum absolute atomic E-state index is 11.5. The molecule has 3 nitrogen and oxygen atoms in total. The number of cyclic esters (lactones) is 1. The summed E-state index contributed by atoms with van der Waals surface area (Å²) in [5, 5.41) is 9.84. The number of hydrogen-bond donors (Lipinski definition) is 1. The van der Waals surface area contributed by atoms with Gasteiger partial charge in [0.25, 0.3) is 0 Å². The number of rotatable bonds is 0. The number of carbonyl (C=O) groups is 1. The molecule has 2 rings (SSSR count). The lowest BCUT2D eigenvalue weighted by molar-refractivity contribution is -0.144. The van der Waals surface area contributed by atoms with Crippen LogP contribution in [0.3, 0.4) is 0 Å². The molecule has 72 valence electrons. The third-order valence-electron chi connectivity index (χ3n) is 3.66. The predicted octanol–water partition coefficient (Wildman–Crippen LogP) is 0.877. The van der Waals surface area contributed by atoms with E-state index in [4.69, 9.17) is 4.74 Å². The summed E-state index contributed by atoms with van der Waals surface area (Å²) in [5.41, 5.74) is -1.08. The van der Waals surface area contributed by atoms with Crippen LogP contribution >= 0.6 is 0 Å². The van der Waals surface area contributed by atoms with Crippen LogP contribution in [0.1, 0.15) is 20.3 Å². The minimum absolute atomic E-state index is 0.218.